The van der Waals surface area contributed by atoms with Crippen molar-refractivity contribution < 1.29 is 9.84 Å². The molecule has 0 radical (unpaired) electrons. The van der Waals surface area contributed by atoms with E-state index in [0.29, 0.717) is 12.2 Å². The quantitative estimate of drug-likeness (QED) is 0.837. The Morgan fingerprint density at radius 2 is 2.20 bits per heavy atom. The topological polar surface area (TPSA) is 55.5 Å². The Kier molecular flexibility index (Phi) is 4.66. The molecule has 0 aliphatic heterocycles. The number of methoxy groups -OCH3 is 1. The van der Waals surface area contributed by atoms with Crippen LogP contribution < -0.4 is 10.5 Å². The minimum absolute atomic E-state index is 0.0822. The molecule has 3 N–H and O–H groups in total. The Labute approximate surface area is 104 Å². The first-order valence-corrected chi connectivity index (χ1v) is 5.97. The van der Waals surface area contributed by atoms with E-state index >= 15 is 0 Å². The largest absolute Gasteiger partial charge is 0.504 e. The number of rotatable bonds is 4. The van der Waals surface area contributed by atoms with Gasteiger partial charge in [-0.15, -0.1) is 0 Å². The molecule has 0 saturated heterocycles. The number of benzene rings is 1. The standard InChI is InChI=1S/C11H16INO2/c1-3-9(13)5-7-4-8(12)6-10(15-2)11(7)14/h4,6,9,14H,3,5,13H2,1-2H3. The van der Waals surface area contributed by atoms with Gasteiger partial charge in [0, 0.05) is 15.2 Å². The summed E-state index contributed by atoms with van der Waals surface area (Å²) in [5, 5.41) is 9.87. The number of ether oxygens (including phenoxy) is 1. The predicted octanol–water partition coefficient (Wildman–Crippen LogP) is 2.29. The van der Waals surface area contributed by atoms with Crippen LogP contribution in [0.25, 0.3) is 0 Å². The molecule has 1 aromatic rings. The third-order valence-corrected chi connectivity index (χ3v) is 2.97. The van der Waals surface area contributed by atoms with Crippen molar-refractivity contribution in [3.63, 3.8) is 0 Å². The summed E-state index contributed by atoms with van der Waals surface area (Å²) in [5.74, 6) is 0.724. The Balaban J connectivity index is 3.01. The van der Waals surface area contributed by atoms with Crippen molar-refractivity contribution in [2.45, 2.75) is 25.8 Å². The van der Waals surface area contributed by atoms with E-state index in [1.165, 1.54) is 0 Å². The lowest BCUT2D eigenvalue weighted by Crippen LogP contribution is -2.21. The Hall–Kier alpha value is -0.490. The Morgan fingerprint density at radius 3 is 2.73 bits per heavy atom. The van der Waals surface area contributed by atoms with Crippen LogP contribution in [-0.4, -0.2) is 18.3 Å². The molecular formula is C11H16INO2. The third kappa shape index (κ3) is 3.24. The molecule has 1 atom stereocenters. The van der Waals surface area contributed by atoms with Gasteiger partial charge in [-0.05, 0) is 47.6 Å². The summed E-state index contributed by atoms with van der Waals surface area (Å²) in [5.41, 5.74) is 6.72. The van der Waals surface area contributed by atoms with E-state index in [9.17, 15) is 5.11 Å². The number of aromatic hydroxyl groups is 1. The van der Waals surface area contributed by atoms with Crippen LogP contribution in [0.5, 0.6) is 11.5 Å². The smallest absolute Gasteiger partial charge is 0.161 e. The molecule has 1 aromatic carbocycles. The van der Waals surface area contributed by atoms with Gasteiger partial charge in [-0.3, -0.25) is 0 Å². The Bertz CT molecular complexity index is 342. The van der Waals surface area contributed by atoms with Crippen LogP contribution in [0.3, 0.4) is 0 Å². The summed E-state index contributed by atoms with van der Waals surface area (Å²) in [7, 11) is 1.55. The molecule has 0 fully saturated rings. The molecule has 0 spiro atoms. The van der Waals surface area contributed by atoms with E-state index in [0.717, 1.165) is 15.6 Å². The monoisotopic (exact) mass is 321 g/mol. The minimum Gasteiger partial charge on any atom is -0.504 e. The van der Waals surface area contributed by atoms with Gasteiger partial charge >= 0.3 is 0 Å². The van der Waals surface area contributed by atoms with Crippen molar-refractivity contribution in [1.29, 1.82) is 0 Å². The SMILES string of the molecule is CCC(N)Cc1cc(I)cc(OC)c1O. The molecular weight excluding hydrogens is 305 g/mol. The van der Waals surface area contributed by atoms with E-state index in [4.69, 9.17) is 10.5 Å². The third-order valence-electron chi connectivity index (χ3n) is 2.35. The van der Waals surface area contributed by atoms with E-state index in [-0.39, 0.29) is 11.8 Å². The molecule has 0 heterocycles. The molecule has 0 aromatic heterocycles. The molecule has 1 unspecified atom stereocenters. The highest BCUT2D eigenvalue weighted by molar-refractivity contribution is 14.1. The molecule has 84 valence electrons. The molecule has 4 heteroatoms. The summed E-state index contributed by atoms with van der Waals surface area (Å²) < 4.78 is 6.13. The second-order valence-electron chi connectivity index (χ2n) is 3.49. The summed E-state index contributed by atoms with van der Waals surface area (Å²) in [6.07, 6.45) is 1.57. The number of halogens is 1. The molecule has 0 saturated carbocycles. The van der Waals surface area contributed by atoms with Gasteiger partial charge in [-0.1, -0.05) is 6.92 Å². The summed E-state index contributed by atoms with van der Waals surface area (Å²) in [6.45, 7) is 2.03. The number of nitrogens with two attached hydrogens (primary N) is 1. The molecule has 0 aliphatic carbocycles. The zero-order valence-electron chi connectivity index (χ0n) is 8.96. The van der Waals surface area contributed by atoms with Crippen molar-refractivity contribution in [3.8, 4) is 11.5 Å². The average molecular weight is 321 g/mol. The number of phenolic OH excluding ortho intramolecular Hbond substituents is 1. The maximum Gasteiger partial charge on any atom is 0.161 e. The maximum absolute atomic E-state index is 9.87. The van der Waals surface area contributed by atoms with Crippen molar-refractivity contribution >= 4 is 22.6 Å². The predicted molar refractivity (Wildman–Crippen MR) is 69.3 cm³/mol. The summed E-state index contributed by atoms with van der Waals surface area (Å²) in [6, 6.07) is 3.82. The van der Waals surface area contributed by atoms with Gasteiger partial charge in [-0.2, -0.15) is 0 Å². The first kappa shape index (κ1) is 12.6. The zero-order valence-corrected chi connectivity index (χ0v) is 11.1. The van der Waals surface area contributed by atoms with Gasteiger partial charge in [-0.25, -0.2) is 0 Å². The Morgan fingerprint density at radius 1 is 1.53 bits per heavy atom. The van der Waals surface area contributed by atoms with E-state index in [2.05, 4.69) is 22.6 Å². The van der Waals surface area contributed by atoms with Gasteiger partial charge in [0.15, 0.2) is 11.5 Å². The fraction of sp³-hybridized carbons (Fsp3) is 0.455. The number of hydrogen-bond acceptors (Lipinski definition) is 3. The maximum atomic E-state index is 9.87. The normalized spacial score (nSPS) is 12.5. The zero-order chi connectivity index (χ0) is 11.4. The summed E-state index contributed by atoms with van der Waals surface area (Å²) >= 11 is 2.20. The van der Waals surface area contributed by atoms with Crippen LogP contribution in [-0.2, 0) is 6.42 Å². The van der Waals surface area contributed by atoms with Gasteiger partial charge in [0.25, 0.3) is 0 Å². The van der Waals surface area contributed by atoms with Crippen LogP contribution in [0, 0.1) is 3.57 Å². The first-order chi connectivity index (χ1) is 7.08. The lowest BCUT2D eigenvalue weighted by Gasteiger charge is -2.13. The van der Waals surface area contributed by atoms with E-state index in [1.807, 2.05) is 13.0 Å². The molecule has 0 amide bonds. The second-order valence-corrected chi connectivity index (χ2v) is 4.73. The van der Waals surface area contributed by atoms with Crippen LogP contribution >= 0.6 is 22.6 Å². The molecule has 0 bridgehead atoms. The number of hydrogen-bond donors (Lipinski definition) is 2. The van der Waals surface area contributed by atoms with Crippen LogP contribution in [0.2, 0.25) is 0 Å². The first-order valence-electron chi connectivity index (χ1n) is 4.89. The highest BCUT2D eigenvalue weighted by Crippen LogP contribution is 2.32. The highest BCUT2D eigenvalue weighted by atomic mass is 127. The molecule has 0 aliphatic rings. The van der Waals surface area contributed by atoms with Gasteiger partial charge in [0.2, 0.25) is 0 Å². The second kappa shape index (κ2) is 5.55. The van der Waals surface area contributed by atoms with Crippen molar-refractivity contribution in [3.05, 3.63) is 21.3 Å². The van der Waals surface area contributed by atoms with Crippen LogP contribution in [0.1, 0.15) is 18.9 Å². The van der Waals surface area contributed by atoms with E-state index < -0.39 is 0 Å². The fourth-order valence-electron chi connectivity index (χ4n) is 1.37. The van der Waals surface area contributed by atoms with Gasteiger partial charge in [0.05, 0.1) is 7.11 Å². The lowest BCUT2D eigenvalue weighted by molar-refractivity contribution is 0.369. The van der Waals surface area contributed by atoms with Crippen molar-refractivity contribution in [1.82, 2.24) is 0 Å². The average Bonchev–Trinajstić information content (AvgIpc) is 2.22. The van der Waals surface area contributed by atoms with Gasteiger partial charge in [0.1, 0.15) is 0 Å². The van der Waals surface area contributed by atoms with Crippen LogP contribution in [0.15, 0.2) is 12.1 Å². The van der Waals surface area contributed by atoms with Crippen LogP contribution in [0.4, 0.5) is 0 Å². The number of phenols is 1. The minimum atomic E-state index is 0.0822. The van der Waals surface area contributed by atoms with E-state index in [1.54, 1.807) is 13.2 Å². The van der Waals surface area contributed by atoms with Gasteiger partial charge < -0.3 is 15.6 Å². The van der Waals surface area contributed by atoms with Crippen molar-refractivity contribution in [2.75, 3.05) is 7.11 Å². The molecule has 15 heavy (non-hydrogen) atoms. The molecule has 1 rings (SSSR count). The molecule has 3 nitrogen and oxygen atoms in total. The van der Waals surface area contributed by atoms with Crippen molar-refractivity contribution in [2.24, 2.45) is 5.73 Å². The highest BCUT2D eigenvalue weighted by Gasteiger charge is 2.12. The fourth-order valence-corrected chi connectivity index (χ4v) is 2.03. The summed E-state index contributed by atoms with van der Waals surface area (Å²) in [4.78, 5) is 0. The lowest BCUT2D eigenvalue weighted by atomic mass is 10.0.